The lowest BCUT2D eigenvalue weighted by atomic mass is 9.88. The second-order valence-electron chi connectivity index (χ2n) is 8.47. The fraction of sp³-hybridized carbons (Fsp3) is 0.571. The van der Waals surface area contributed by atoms with Gasteiger partial charge in [-0.25, -0.2) is 9.59 Å². The van der Waals surface area contributed by atoms with Gasteiger partial charge in [0.05, 0.1) is 63.7 Å². The van der Waals surface area contributed by atoms with E-state index in [1.165, 1.54) is 0 Å². The van der Waals surface area contributed by atoms with Crippen molar-refractivity contribution in [3.8, 4) is 0 Å². The van der Waals surface area contributed by atoms with Gasteiger partial charge >= 0.3 is 11.9 Å². The number of hydrogen-bond donors (Lipinski definition) is 0. The predicted molar refractivity (Wildman–Crippen MR) is 141 cm³/mol. The first-order chi connectivity index (χ1) is 17.4. The Balaban J connectivity index is 4.97. The van der Waals surface area contributed by atoms with Gasteiger partial charge in [0.15, 0.2) is 0 Å². The van der Waals surface area contributed by atoms with E-state index in [-0.39, 0.29) is 13.2 Å². The minimum atomic E-state index is -0.664. The van der Waals surface area contributed by atoms with Crippen LogP contribution in [0.5, 0.6) is 0 Å². The molecule has 0 aromatic heterocycles. The third-order valence-electron chi connectivity index (χ3n) is 5.47. The van der Waals surface area contributed by atoms with Gasteiger partial charge in [0, 0.05) is 12.2 Å². The Morgan fingerprint density at radius 1 is 0.556 bits per heavy atom. The Morgan fingerprint density at radius 2 is 0.833 bits per heavy atom. The van der Waals surface area contributed by atoms with Crippen LogP contribution >= 0.6 is 0 Å². The van der Waals surface area contributed by atoms with Gasteiger partial charge < -0.3 is 28.4 Å². The molecule has 0 radical (unpaired) electrons. The van der Waals surface area contributed by atoms with Crippen molar-refractivity contribution in [2.45, 2.75) is 26.7 Å². The van der Waals surface area contributed by atoms with Crippen LogP contribution in [0.1, 0.15) is 26.7 Å². The van der Waals surface area contributed by atoms with Crippen molar-refractivity contribution in [1.82, 2.24) is 0 Å². The van der Waals surface area contributed by atoms with Crippen LogP contribution in [0.25, 0.3) is 0 Å². The summed E-state index contributed by atoms with van der Waals surface area (Å²) >= 11 is 0. The lowest BCUT2D eigenvalue weighted by molar-refractivity contribution is -0.148. The van der Waals surface area contributed by atoms with E-state index in [1.807, 2.05) is 13.8 Å². The zero-order chi connectivity index (χ0) is 27.1. The molecule has 0 saturated carbocycles. The summed E-state index contributed by atoms with van der Waals surface area (Å²) in [6.45, 7) is 21.4. The summed E-state index contributed by atoms with van der Waals surface area (Å²) in [5.41, 5.74) is -1.07. The van der Waals surface area contributed by atoms with Crippen molar-refractivity contribution in [3.05, 3.63) is 62.8 Å². The van der Waals surface area contributed by atoms with E-state index in [4.69, 9.17) is 28.4 Å². The Bertz CT molecular complexity index is 612. The largest absolute Gasteiger partial charge is 0.462 e. The Kier molecular flexibility index (Phi) is 19.2. The molecule has 0 N–H and O–H groups in total. The first-order valence-electron chi connectivity index (χ1n) is 12.1. The topological polar surface area (TPSA) is 89.5 Å². The molecule has 0 aliphatic heterocycles. The zero-order valence-corrected chi connectivity index (χ0v) is 22.0. The highest BCUT2D eigenvalue weighted by atomic mass is 16.5. The van der Waals surface area contributed by atoms with Gasteiger partial charge in [0.25, 0.3) is 0 Å². The second kappa shape index (κ2) is 20.7. The molecule has 0 aliphatic rings. The average molecular weight is 509 g/mol. The van der Waals surface area contributed by atoms with Crippen LogP contribution < -0.4 is 0 Å². The molecule has 0 saturated heterocycles. The summed E-state index contributed by atoms with van der Waals surface area (Å²) in [4.78, 5) is 24.6. The molecule has 0 unspecified atom stereocenters. The highest BCUT2D eigenvalue weighted by molar-refractivity contribution is 5.91. The van der Waals surface area contributed by atoms with Crippen LogP contribution in [0, 0.1) is 10.8 Å². The van der Waals surface area contributed by atoms with Gasteiger partial charge in [-0.1, -0.05) is 38.2 Å². The highest BCUT2D eigenvalue weighted by Crippen LogP contribution is 2.25. The molecule has 0 spiro atoms. The Hall–Kier alpha value is -2.52. The van der Waals surface area contributed by atoms with Crippen molar-refractivity contribution >= 4 is 11.9 Å². The quantitative estimate of drug-likeness (QED) is 0.0828. The van der Waals surface area contributed by atoms with Crippen molar-refractivity contribution in [2.24, 2.45) is 10.8 Å². The number of ether oxygens (including phenoxy) is 6. The molecule has 0 atom stereocenters. The zero-order valence-electron chi connectivity index (χ0n) is 22.0. The van der Waals surface area contributed by atoms with E-state index < -0.39 is 22.8 Å². The van der Waals surface area contributed by atoms with Crippen LogP contribution in [0.15, 0.2) is 62.8 Å². The van der Waals surface area contributed by atoms with Crippen LogP contribution in [-0.2, 0) is 38.0 Å². The average Bonchev–Trinajstić information content (AvgIpc) is 2.89. The van der Waals surface area contributed by atoms with Crippen molar-refractivity contribution < 1.29 is 38.0 Å². The summed E-state index contributed by atoms with van der Waals surface area (Å²) in [6, 6.07) is 0. The molecule has 0 fully saturated rings. The molecular formula is C28H44O8. The van der Waals surface area contributed by atoms with Crippen molar-refractivity contribution in [1.29, 1.82) is 0 Å². The Morgan fingerprint density at radius 3 is 1.06 bits per heavy atom. The Labute approximate surface area is 216 Å². The summed E-state index contributed by atoms with van der Waals surface area (Å²) in [5, 5.41) is 0. The third-order valence-corrected chi connectivity index (χ3v) is 5.47. The summed E-state index contributed by atoms with van der Waals surface area (Å²) < 4.78 is 33.2. The number of hydrogen-bond acceptors (Lipinski definition) is 8. The van der Waals surface area contributed by atoms with Crippen LogP contribution in [-0.4, -0.2) is 78.0 Å². The van der Waals surface area contributed by atoms with Gasteiger partial charge in [-0.05, 0) is 12.8 Å². The maximum absolute atomic E-state index is 12.3. The van der Waals surface area contributed by atoms with Gasteiger partial charge in [-0.3, -0.25) is 0 Å². The van der Waals surface area contributed by atoms with Gasteiger partial charge in [-0.2, -0.15) is 0 Å². The van der Waals surface area contributed by atoms with E-state index >= 15 is 0 Å². The SMILES string of the molecule is C=CCOCC(CC)(COCC=C)COC(=O)/C=C\C(=O)OCC(CC)(COCC=C)COCC=C. The monoisotopic (exact) mass is 508 g/mol. The molecule has 0 aliphatic carbocycles. The fourth-order valence-corrected chi connectivity index (χ4v) is 2.98. The predicted octanol–water partition coefficient (Wildman–Crippen LogP) is 4.23. The number of rotatable bonds is 24. The van der Waals surface area contributed by atoms with E-state index in [1.54, 1.807) is 24.3 Å². The first-order valence-corrected chi connectivity index (χ1v) is 12.1. The summed E-state index contributed by atoms with van der Waals surface area (Å²) in [5.74, 6) is -1.33. The molecule has 0 rings (SSSR count). The number of esters is 2. The lowest BCUT2D eigenvalue weighted by Gasteiger charge is -2.31. The van der Waals surface area contributed by atoms with Crippen LogP contribution in [0.4, 0.5) is 0 Å². The van der Waals surface area contributed by atoms with Crippen molar-refractivity contribution in [3.63, 3.8) is 0 Å². The molecule has 0 amide bonds. The summed E-state index contributed by atoms with van der Waals surface area (Å²) in [6.07, 6.45) is 10.0. The van der Waals surface area contributed by atoms with Gasteiger partial charge in [0.1, 0.15) is 13.2 Å². The van der Waals surface area contributed by atoms with E-state index in [9.17, 15) is 9.59 Å². The molecule has 0 aromatic rings. The maximum Gasteiger partial charge on any atom is 0.331 e. The normalized spacial score (nSPS) is 11.7. The first kappa shape index (κ1) is 33.5. The molecule has 8 nitrogen and oxygen atoms in total. The number of carbonyl (C=O) groups is 2. The van der Waals surface area contributed by atoms with Crippen LogP contribution in [0.3, 0.4) is 0 Å². The minimum Gasteiger partial charge on any atom is -0.462 e. The molecule has 36 heavy (non-hydrogen) atoms. The molecular weight excluding hydrogens is 464 g/mol. The molecule has 204 valence electrons. The molecule has 0 heterocycles. The number of carbonyl (C=O) groups excluding carboxylic acids is 2. The standard InChI is InChI=1S/C28H44O8/c1-7-15-31-19-27(11-5,20-32-16-8-2)23-35-25(29)13-14-26(30)36-24-28(12-6,21-33-17-9-3)22-34-18-10-4/h7-10,13-14H,1-4,11-12,15-24H2,5-6H3/b14-13-. The van der Waals surface area contributed by atoms with E-state index in [2.05, 4.69) is 26.3 Å². The van der Waals surface area contributed by atoms with E-state index in [0.717, 1.165) is 12.2 Å². The fourth-order valence-electron chi connectivity index (χ4n) is 2.98. The van der Waals surface area contributed by atoms with Gasteiger partial charge in [0.2, 0.25) is 0 Å². The molecule has 8 heteroatoms. The molecule has 0 bridgehead atoms. The smallest absolute Gasteiger partial charge is 0.331 e. The summed E-state index contributed by atoms with van der Waals surface area (Å²) in [7, 11) is 0. The van der Waals surface area contributed by atoms with Crippen LogP contribution in [0.2, 0.25) is 0 Å². The van der Waals surface area contributed by atoms with E-state index in [0.29, 0.717) is 65.7 Å². The third kappa shape index (κ3) is 14.8. The molecule has 0 aromatic carbocycles. The maximum atomic E-state index is 12.3. The van der Waals surface area contributed by atoms with Gasteiger partial charge in [-0.15, -0.1) is 26.3 Å². The highest BCUT2D eigenvalue weighted by Gasteiger charge is 2.32. The van der Waals surface area contributed by atoms with Crippen molar-refractivity contribution in [2.75, 3.05) is 66.1 Å². The lowest BCUT2D eigenvalue weighted by Crippen LogP contribution is -2.38. The second-order valence-corrected chi connectivity index (χ2v) is 8.47. The minimum absolute atomic E-state index is 0.0657.